The predicted molar refractivity (Wildman–Crippen MR) is 51.9 cm³/mol. The molecule has 1 rings (SSSR count). The first kappa shape index (κ1) is 8.81. The van der Waals surface area contributed by atoms with E-state index in [4.69, 9.17) is 0 Å². The van der Waals surface area contributed by atoms with E-state index in [1.54, 1.807) is 0 Å². The van der Waals surface area contributed by atoms with E-state index in [9.17, 15) is 4.79 Å². The third-order valence-electron chi connectivity index (χ3n) is 1.24. The number of thiol groups is 1. The molecule has 0 aromatic carbocycles. The Bertz CT molecular complexity index is 120. The van der Waals surface area contributed by atoms with Crippen molar-refractivity contribution in [1.29, 1.82) is 0 Å². The minimum absolute atomic E-state index is 0.0203. The van der Waals surface area contributed by atoms with Gasteiger partial charge in [0.05, 0.1) is 4.58 Å². The van der Waals surface area contributed by atoms with Gasteiger partial charge in [0, 0.05) is 6.42 Å². The molecule has 4 heteroatoms. The second-order valence-electron chi connectivity index (χ2n) is 2.12. The molecule has 0 saturated carbocycles. The zero-order valence-electron chi connectivity index (χ0n) is 5.58. The van der Waals surface area contributed by atoms with E-state index in [-0.39, 0.29) is 5.12 Å². The van der Waals surface area contributed by atoms with Gasteiger partial charge in [0.1, 0.15) is 0 Å². The van der Waals surface area contributed by atoms with Crippen LogP contribution in [0.5, 0.6) is 0 Å². The van der Waals surface area contributed by atoms with Gasteiger partial charge in [0.25, 0.3) is 0 Å². The van der Waals surface area contributed by atoms with E-state index in [1.165, 1.54) is 17.9 Å². The fourth-order valence-electron chi connectivity index (χ4n) is 0.797. The van der Waals surface area contributed by atoms with Crippen LogP contribution in [0.25, 0.3) is 0 Å². The van der Waals surface area contributed by atoms with Gasteiger partial charge in [-0.2, -0.15) is 0 Å². The lowest BCUT2D eigenvalue weighted by molar-refractivity contribution is -0.110. The molecule has 0 spiro atoms. The van der Waals surface area contributed by atoms with E-state index < -0.39 is 0 Å². The summed E-state index contributed by atoms with van der Waals surface area (Å²) >= 11 is 7.51. The lowest BCUT2D eigenvalue weighted by atomic mass is 10.5. The van der Waals surface area contributed by atoms with Gasteiger partial charge in [-0.05, 0) is 17.9 Å². The predicted octanol–water partition coefficient (Wildman–Crippen LogP) is 2.03. The standard InChI is InChI=1S/C6H10OS3/c7-5(8)4-6-9-2-1-3-10-6/h6H,1-4H2,(H,7,8). The second-order valence-corrected chi connectivity index (χ2v) is 5.54. The van der Waals surface area contributed by atoms with Crippen LogP contribution in [0.3, 0.4) is 0 Å². The van der Waals surface area contributed by atoms with Crippen LogP contribution < -0.4 is 0 Å². The van der Waals surface area contributed by atoms with Crippen LogP contribution in [0.4, 0.5) is 0 Å². The van der Waals surface area contributed by atoms with Crippen molar-refractivity contribution in [2.75, 3.05) is 11.5 Å². The molecule has 1 nitrogen and oxygen atoms in total. The molecule has 0 radical (unpaired) electrons. The molecule has 1 heterocycles. The molecule has 0 aromatic heterocycles. The first-order valence-corrected chi connectivity index (χ1v) is 5.78. The molecule has 10 heavy (non-hydrogen) atoms. The summed E-state index contributed by atoms with van der Waals surface area (Å²) in [5.74, 6) is 2.41. The van der Waals surface area contributed by atoms with Crippen molar-refractivity contribution in [1.82, 2.24) is 0 Å². The Morgan fingerprint density at radius 1 is 1.50 bits per heavy atom. The number of thioether (sulfide) groups is 2. The molecule has 0 aromatic rings. The largest absolute Gasteiger partial charge is 0.287 e. The minimum Gasteiger partial charge on any atom is -0.287 e. The highest BCUT2D eigenvalue weighted by atomic mass is 32.2. The highest BCUT2D eigenvalue weighted by Gasteiger charge is 2.15. The molecular formula is C6H10OS3. The zero-order valence-corrected chi connectivity index (χ0v) is 8.11. The van der Waals surface area contributed by atoms with E-state index in [0.717, 1.165) is 0 Å². The third-order valence-corrected chi connectivity index (χ3v) is 4.36. The zero-order chi connectivity index (χ0) is 7.40. The first-order chi connectivity index (χ1) is 4.79. The average Bonchev–Trinajstić information content (AvgIpc) is 1.88. The van der Waals surface area contributed by atoms with Crippen LogP contribution in [-0.2, 0) is 4.79 Å². The van der Waals surface area contributed by atoms with Gasteiger partial charge in [-0.15, -0.1) is 36.2 Å². The number of carbonyl (C=O) groups excluding carboxylic acids is 1. The molecular weight excluding hydrogens is 184 g/mol. The molecule has 1 aliphatic heterocycles. The summed E-state index contributed by atoms with van der Waals surface area (Å²) in [4.78, 5) is 10.5. The van der Waals surface area contributed by atoms with Crippen LogP contribution in [0, 0.1) is 0 Å². The molecule has 0 unspecified atom stereocenters. The van der Waals surface area contributed by atoms with Crippen molar-refractivity contribution in [3.8, 4) is 0 Å². The molecule has 58 valence electrons. The maximum Gasteiger partial charge on any atom is 0.187 e. The van der Waals surface area contributed by atoms with Crippen LogP contribution in [0.2, 0.25) is 0 Å². The van der Waals surface area contributed by atoms with Crippen molar-refractivity contribution in [3.63, 3.8) is 0 Å². The Labute approximate surface area is 75.1 Å². The quantitative estimate of drug-likeness (QED) is 0.678. The molecule has 0 atom stereocenters. The van der Waals surface area contributed by atoms with Gasteiger partial charge < -0.3 is 0 Å². The summed E-state index contributed by atoms with van der Waals surface area (Å²) in [7, 11) is 0. The molecule has 1 aliphatic rings. The lowest BCUT2D eigenvalue weighted by Gasteiger charge is -2.18. The molecule has 0 N–H and O–H groups in total. The van der Waals surface area contributed by atoms with E-state index in [2.05, 4.69) is 12.6 Å². The van der Waals surface area contributed by atoms with Crippen LogP contribution in [-0.4, -0.2) is 21.2 Å². The summed E-state index contributed by atoms with van der Waals surface area (Å²) in [5.41, 5.74) is 0. The monoisotopic (exact) mass is 194 g/mol. The Balaban J connectivity index is 2.19. The number of carbonyl (C=O) groups is 1. The van der Waals surface area contributed by atoms with Crippen LogP contribution >= 0.6 is 36.2 Å². The number of hydrogen-bond acceptors (Lipinski definition) is 3. The van der Waals surface area contributed by atoms with E-state index in [1.807, 2.05) is 23.5 Å². The van der Waals surface area contributed by atoms with Gasteiger partial charge in [-0.1, -0.05) is 0 Å². The van der Waals surface area contributed by atoms with Gasteiger partial charge in [-0.25, -0.2) is 0 Å². The maximum absolute atomic E-state index is 10.5. The average molecular weight is 194 g/mol. The molecule has 0 bridgehead atoms. The summed E-state index contributed by atoms with van der Waals surface area (Å²) in [5, 5.41) is 0.0203. The SMILES string of the molecule is O=C(S)CC1SCCCS1. The molecule has 0 aliphatic carbocycles. The lowest BCUT2D eigenvalue weighted by Crippen LogP contribution is -2.09. The molecule has 1 fully saturated rings. The van der Waals surface area contributed by atoms with Crippen LogP contribution in [0.15, 0.2) is 0 Å². The second kappa shape index (κ2) is 4.57. The molecule has 0 amide bonds. The normalized spacial score (nSPS) is 20.9. The van der Waals surface area contributed by atoms with E-state index >= 15 is 0 Å². The maximum atomic E-state index is 10.5. The first-order valence-electron chi connectivity index (χ1n) is 3.24. The Morgan fingerprint density at radius 3 is 2.60 bits per heavy atom. The van der Waals surface area contributed by atoms with Gasteiger partial charge in [0.15, 0.2) is 5.12 Å². The minimum atomic E-state index is 0.0203. The number of hydrogen-bond donors (Lipinski definition) is 1. The van der Waals surface area contributed by atoms with Gasteiger partial charge >= 0.3 is 0 Å². The Kier molecular flexibility index (Phi) is 4.03. The summed E-state index contributed by atoms with van der Waals surface area (Å²) in [6.45, 7) is 0. The third kappa shape index (κ3) is 3.21. The fourth-order valence-corrected chi connectivity index (χ4v) is 4.06. The van der Waals surface area contributed by atoms with Crippen molar-refractivity contribution in [2.24, 2.45) is 0 Å². The highest BCUT2D eigenvalue weighted by molar-refractivity contribution is 8.17. The smallest absolute Gasteiger partial charge is 0.187 e. The summed E-state index contributed by atoms with van der Waals surface area (Å²) < 4.78 is 0.485. The van der Waals surface area contributed by atoms with Gasteiger partial charge in [0.2, 0.25) is 0 Å². The Morgan fingerprint density at radius 2 is 2.10 bits per heavy atom. The van der Waals surface area contributed by atoms with Crippen molar-refractivity contribution in [2.45, 2.75) is 17.4 Å². The fraction of sp³-hybridized carbons (Fsp3) is 0.833. The Hall–Kier alpha value is 0.720. The summed E-state index contributed by atoms with van der Waals surface area (Å²) in [6.07, 6.45) is 1.91. The summed E-state index contributed by atoms with van der Waals surface area (Å²) in [6, 6.07) is 0. The van der Waals surface area contributed by atoms with Crippen molar-refractivity contribution in [3.05, 3.63) is 0 Å². The number of rotatable bonds is 2. The highest BCUT2D eigenvalue weighted by Crippen LogP contribution is 2.32. The molecule has 1 saturated heterocycles. The van der Waals surface area contributed by atoms with Gasteiger partial charge in [-0.3, -0.25) is 4.79 Å². The van der Waals surface area contributed by atoms with Crippen molar-refractivity contribution >= 4 is 41.3 Å². The van der Waals surface area contributed by atoms with Crippen molar-refractivity contribution < 1.29 is 4.79 Å². The van der Waals surface area contributed by atoms with Crippen LogP contribution in [0.1, 0.15) is 12.8 Å². The van der Waals surface area contributed by atoms with E-state index in [0.29, 0.717) is 11.0 Å². The topological polar surface area (TPSA) is 17.1 Å².